The van der Waals surface area contributed by atoms with Crippen LogP contribution in [0.25, 0.3) is 0 Å². The lowest BCUT2D eigenvalue weighted by molar-refractivity contribution is 0.474. The first kappa shape index (κ1) is 20.2. The Kier molecular flexibility index (Phi) is 6.30. The van der Waals surface area contributed by atoms with E-state index in [9.17, 15) is 0 Å². The van der Waals surface area contributed by atoms with Gasteiger partial charge < -0.3 is 15.0 Å². The van der Waals surface area contributed by atoms with Gasteiger partial charge in [0.2, 0.25) is 0 Å². The van der Waals surface area contributed by atoms with Gasteiger partial charge in [0.15, 0.2) is 5.11 Å². The average molecular weight is 371 g/mol. The van der Waals surface area contributed by atoms with Gasteiger partial charge in [0, 0.05) is 19.3 Å². The highest BCUT2D eigenvalue weighted by atomic mass is 32.1. The third kappa shape index (κ3) is 4.98. The van der Waals surface area contributed by atoms with E-state index in [0.29, 0.717) is 0 Å². The number of rotatable bonds is 4. The molecule has 1 N–H and O–H groups in total. The van der Waals surface area contributed by atoms with Crippen LogP contribution in [0.1, 0.15) is 44.4 Å². The maximum absolute atomic E-state index is 6.18. The number of anilines is 1. The van der Waals surface area contributed by atoms with Crippen LogP contribution in [0.15, 0.2) is 36.4 Å². The number of hydrogen-bond acceptors (Lipinski definition) is 2. The van der Waals surface area contributed by atoms with Crippen LogP contribution in [-0.2, 0) is 5.41 Å². The summed E-state index contributed by atoms with van der Waals surface area (Å²) in [6.45, 7) is 13.7. The molecule has 0 bridgehead atoms. The first-order chi connectivity index (χ1) is 12.1. The Balaban J connectivity index is 2.24. The van der Waals surface area contributed by atoms with Crippen LogP contribution in [0, 0.1) is 13.8 Å². The fourth-order valence-electron chi connectivity index (χ4n) is 2.54. The molecule has 0 aliphatic rings. The van der Waals surface area contributed by atoms with Crippen LogP contribution in [0.4, 0.5) is 5.69 Å². The highest BCUT2D eigenvalue weighted by Gasteiger charge is 2.15. The fourth-order valence-corrected chi connectivity index (χ4v) is 2.78. The largest absolute Gasteiger partial charge is 0.457 e. The van der Waals surface area contributed by atoms with Gasteiger partial charge in [0.05, 0.1) is 0 Å². The molecule has 0 amide bonds. The van der Waals surface area contributed by atoms with Crippen LogP contribution in [0.2, 0.25) is 0 Å². The van der Waals surface area contributed by atoms with Gasteiger partial charge in [-0.05, 0) is 79.4 Å². The van der Waals surface area contributed by atoms with E-state index in [2.05, 4.69) is 71.1 Å². The lowest BCUT2D eigenvalue weighted by Crippen LogP contribution is -2.30. The summed E-state index contributed by atoms with van der Waals surface area (Å²) in [5.74, 6) is 1.73. The summed E-state index contributed by atoms with van der Waals surface area (Å²) in [6, 6.07) is 12.5. The highest BCUT2D eigenvalue weighted by Crippen LogP contribution is 2.32. The van der Waals surface area contributed by atoms with Gasteiger partial charge in [-0.3, -0.25) is 0 Å². The van der Waals surface area contributed by atoms with E-state index in [-0.39, 0.29) is 5.41 Å². The summed E-state index contributed by atoms with van der Waals surface area (Å²) in [4.78, 5) is 2.01. The number of nitrogens with zero attached hydrogens (tertiary/aromatic N) is 1. The Bertz CT molecular complexity index is 793. The lowest BCUT2D eigenvalue weighted by atomic mass is 9.87. The number of nitrogens with one attached hydrogen (secondary N) is 1. The summed E-state index contributed by atoms with van der Waals surface area (Å²) in [5, 5.41) is 4.05. The molecule has 0 saturated heterocycles. The first-order valence-corrected chi connectivity index (χ1v) is 9.44. The SMILES string of the molecule is CCN(C)C(=S)Nc1cc(C)c(Oc2cccc(C(C)(C)C)c2)cc1C. The molecule has 3 nitrogen and oxygen atoms in total. The van der Waals surface area contributed by atoms with Crippen molar-refractivity contribution in [3.63, 3.8) is 0 Å². The molecule has 2 rings (SSSR count). The van der Waals surface area contributed by atoms with E-state index in [1.54, 1.807) is 0 Å². The highest BCUT2D eigenvalue weighted by molar-refractivity contribution is 7.80. The smallest absolute Gasteiger partial charge is 0.173 e. The predicted molar refractivity (Wildman–Crippen MR) is 116 cm³/mol. The van der Waals surface area contributed by atoms with Crippen molar-refractivity contribution >= 4 is 23.0 Å². The van der Waals surface area contributed by atoms with E-state index in [1.807, 2.05) is 24.1 Å². The molecule has 0 heterocycles. The van der Waals surface area contributed by atoms with Gasteiger partial charge in [0.25, 0.3) is 0 Å². The van der Waals surface area contributed by atoms with E-state index < -0.39 is 0 Å². The third-order valence-electron chi connectivity index (χ3n) is 4.51. The van der Waals surface area contributed by atoms with Gasteiger partial charge in [-0.1, -0.05) is 32.9 Å². The van der Waals surface area contributed by atoms with Gasteiger partial charge in [-0.15, -0.1) is 0 Å². The third-order valence-corrected chi connectivity index (χ3v) is 4.93. The van der Waals surface area contributed by atoms with E-state index >= 15 is 0 Å². The Morgan fingerprint density at radius 3 is 2.42 bits per heavy atom. The Hall–Kier alpha value is -2.07. The minimum Gasteiger partial charge on any atom is -0.457 e. The topological polar surface area (TPSA) is 24.5 Å². The minimum absolute atomic E-state index is 0.0963. The van der Waals surface area contributed by atoms with Crippen LogP contribution in [0.5, 0.6) is 11.5 Å². The maximum atomic E-state index is 6.18. The van der Waals surface area contributed by atoms with E-state index in [1.165, 1.54) is 5.56 Å². The van der Waals surface area contributed by atoms with Gasteiger partial charge in [-0.25, -0.2) is 0 Å². The zero-order valence-electron chi connectivity index (χ0n) is 16.9. The van der Waals surface area contributed by atoms with Gasteiger partial charge in [-0.2, -0.15) is 0 Å². The van der Waals surface area contributed by atoms with Crippen molar-refractivity contribution in [2.24, 2.45) is 0 Å². The zero-order valence-corrected chi connectivity index (χ0v) is 17.8. The zero-order chi connectivity index (χ0) is 19.5. The molecular formula is C22H30N2OS. The van der Waals surface area contributed by atoms with Crippen molar-refractivity contribution in [1.82, 2.24) is 4.90 Å². The van der Waals surface area contributed by atoms with Crippen molar-refractivity contribution < 1.29 is 4.74 Å². The number of aryl methyl sites for hydroxylation is 2. The lowest BCUT2D eigenvalue weighted by Gasteiger charge is -2.22. The second-order valence-corrected chi connectivity index (χ2v) is 8.14. The van der Waals surface area contributed by atoms with Crippen molar-refractivity contribution in [3.05, 3.63) is 53.1 Å². The molecule has 0 aliphatic heterocycles. The normalized spacial score (nSPS) is 11.2. The quantitative estimate of drug-likeness (QED) is 0.663. The summed E-state index contributed by atoms with van der Waals surface area (Å²) >= 11 is 5.43. The number of benzene rings is 2. The molecule has 2 aromatic carbocycles. The number of thiocarbonyl (C=S) groups is 1. The second-order valence-electron chi connectivity index (χ2n) is 7.76. The minimum atomic E-state index is 0.0963. The molecule has 0 atom stereocenters. The Labute approximate surface area is 163 Å². The fraction of sp³-hybridized carbons (Fsp3) is 0.409. The summed E-state index contributed by atoms with van der Waals surface area (Å²) in [5.41, 5.74) is 4.55. The van der Waals surface area contributed by atoms with Crippen molar-refractivity contribution in [1.29, 1.82) is 0 Å². The Morgan fingerprint density at radius 1 is 1.12 bits per heavy atom. The van der Waals surface area contributed by atoms with E-state index in [4.69, 9.17) is 17.0 Å². The molecule has 0 unspecified atom stereocenters. The second kappa shape index (κ2) is 8.09. The predicted octanol–water partition coefficient (Wildman–Crippen LogP) is 6.04. The summed E-state index contributed by atoms with van der Waals surface area (Å²) in [7, 11) is 1.98. The van der Waals surface area contributed by atoms with Crippen LogP contribution >= 0.6 is 12.2 Å². The van der Waals surface area contributed by atoms with Crippen LogP contribution in [-0.4, -0.2) is 23.6 Å². The molecule has 2 aromatic rings. The molecule has 4 heteroatoms. The van der Waals surface area contributed by atoms with Crippen molar-refractivity contribution in [2.45, 2.75) is 47.0 Å². The van der Waals surface area contributed by atoms with Gasteiger partial charge >= 0.3 is 0 Å². The standard InChI is InChI=1S/C22H30N2OS/c1-8-24(7)21(26)23-19-12-16(3)20(13-15(19)2)25-18-11-9-10-17(14-18)22(4,5)6/h9-14H,8H2,1-7H3,(H,23,26). The molecule has 0 aromatic heterocycles. The van der Waals surface area contributed by atoms with Crippen molar-refractivity contribution in [3.8, 4) is 11.5 Å². The molecule has 0 fully saturated rings. The summed E-state index contributed by atoms with van der Waals surface area (Å²) < 4.78 is 6.18. The van der Waals surface area contributed by atoms with E-state index in [0.717, 1.165) is 40.0 Å². The number of hydrogen-bond donors (Lipinski definition) is 1. The van der Waals surface area contributed by atoms with Crippen LogP contribution in [0.3, 0.4) is 0 Å². The Morgan fingerprint density at radius 2 is 1.81 bits per heavy atom. The maximum Gasteiger partial charge on any atom is 0.173 e. The van der Waals surface area contributed by atoms with Gasteiger partial charge in [0.1, 0.15) is 11.5 Å². The van der Waals surface area contributed by atoms with Crippen molar-refractivity contribution in [2.75, 3.05) is 18.9 Å². The molecule has 0 radical (unpaired) electrons. The monoisotopic (exact) mass is 370 g/mol. The molecule has 0 spiro atoms. The number of ether oxygens (including phenoxy) is 1. The molecule has 0 saturated carbocycles. The average Bonchev–Trinajstić information content (AvgIpc) is 2.58. The first-order valence-electron chi connectivity index (χ1n) is 9.03. The molecule has 26 heavy (non-hydrogen) atoms. The molecule has 0 aliphatic carbocycles. The molecular weight excluding hydrogens is 340 g/mol. The summed E-state index contributed by atoms with van der Waals surface area (Å²) in [6.07, 6.45) is 0. The van der Waals surface area contributed by atoms with Crippen LogP contribution < -0.4 is 10.1 Å². The molecule has 140 valence electrons.